The summed E-state index contributed by atoms with van der Waals surface area (Å²) in [6, 6.07) is 24.7. The number of rotatable bonds is 5. The zero-order valence-corrected chi connectivity index (χ0v) is 16.0. The van der Waals surface area contributed by atoms with Crippen LogP contribution in [-0.2, 0) is 0 Å². The molecule has 30 heavy (non-hydrogen) atoms. The van der Waals surface area contributed by atoms with E-state index in [1.165, 1.54) is 12.1 Å². The minimum atomic E-state index is -0.317. The van der Waals surface area contributed by atoms with Gasteiger partial charge >= 0.3 is 0 Å². The van der Waals surface area contributed by atoms with Crippen LogP contribution in [0.15, 0.2) is 91.1 Å². The van der Waals surface area contributed by atoms with Crippen LogP contribution in [0.1, 0.15) is 21.6 Å². The van der Waals surface area contributed by atoms with Gasteiger partial charge in [0.05, 0.1) is 11.9 Å². The highest BCUT2D eigenvalue weighted by atomic mass is 19.1. The molecule has 146 valence electrons. The van der Waals surface area contributed by atoms with E-state index in [0.29, 0.717) is 22.8 Å². The Morgan fingerprint density at radius 3 is 2.20 bits per heavy atom. The third-order valence-corrected chi connectivity index (χ3v) is 4.44. The van der Waals surface area contributed by atoms with Crippen LogP contribution in [0.2, 0.25) is 0 Å². The first kappa shape index (κ1) is 19.2. The lowest BCUT2D eigenvalue weighted by Crippen LogP contribution is -2.14. The van der Waals surface area contributed by atoms with Crippen molar-refractivity contribution in [2.75, 3.05) is 5.32 Å². The monoisotopic (exact) mass is 395 g/mol. The summed E-state index contributed by atoms with van der Waals surface area (Å²) in [5, 5.41) is 2.83. The highest BCUT2D eigenvalue weighted by Crippen LogP contribution is 2.22. The van der Waals surface area contributed by atoms with Gasteiger partial charge in [-0.1, -0.05) is 54.6 Å². The van der Waals surface area contributed by atoms with Crippen LogP contribution in [0.4, 0.5) is 10.2 Å². The smallest absolute Gasteiger partial charge is 0.256 e. The number of amides is 1. The molecule has 0 fully saturated rings. The van der Waals surface area contributed by atoms with Crippen LogP contribution in [0.3, 0.4) is 0 Å². The van der Waals surface area contributed by atoms with Crippen molar-refractivity contribution < 1.29 is 9.18 Å². The average Bonchev–Trinajstić information content (AvgIpc) is 2.80. The van der Waals surface area contributed by atoms with Crippen LogP contribution in [0, 0.1) is 5.82 Å². The number of aromatic nitrogens is 2. The molecule has 5 heteroatoms. The molecule has 1 heterocycles. The lowest BCUT2D eigenvalue weighted by Gasteiger charge is -2.09. The van der Waals surface area contributed by atoms with E-state index in [9.17, 15) is 9.18 Å². The summed E-state index contributed by atoms with van der Waals surface area (Å²) >= 11 is 0. The molecule has 3 aromatic carbocycles. The first-order valence-corrected chi connectivity index (χ1v) is 9.41. The summed E-state index contributed by atoms with van der Waals surface area (Å²) in [5.41, 5.74) is 3.34. The van der Waals surface area contributed by atoms with E-state index in [1.807, 2.05) is 42.5 Å². The molecule has 0 aliphatic carbocycles. The minimum absolute atomic E-state index is 0.270. The van der Waals surface area contributed by atoms with Crippen LogP contribution < -0.4 is 5.32 Å². The van der Waals surface area contributed by atoms with E-state index in [-0.39, 0.29) is 11.7 Å². The van der Waals surface area contributed by atoms with Crippen LogP contribution >= 0.6 is 0 Å². The number of nitrogens with zero attached hydrogens (tertiary/aromatic N) is 2. The van der Waals surface area contributed by atoms with Gasteiger partial charge in [-0.3, -0.25) is 4.79 Å². The fourth-order valence-corrected chi connectivity index (χ4v) is 2.88. The molecule has 1 N–H and O–H groups in total. The third-order valence-electron chi connectivity index (χ3n) is 4.44. The van der Waals surface area contributed by atoms with Crippen LogP contribution in [-0.4, -0.2) is 15.9 Å². The fourth-order valence-electron chi connectivity index (χ4n) is 2.88. The fraction of sp³-hybridized carbons (Fsp3) is 0. The Morgan fingerprint density at radius 2 is 1.50 bits per heavy atom. The molecule has 4 aromatic rings. The normalized spacial score (nSPS) is 10.8. The lowest BCUT2D eigenvalue weighted by molar-refractivity contribution is 0.102. The molecule has 4 nitrogen and oxygen atoms in total. The minimum Gasteiger partial charge on any atom is -0.305 e. The SMILES string of the molecule is O=C(Nc1ncc(-c2ccc(F)cc2)nc1C=Cc1ccccc1)c1ccccc1. The maximum absolute atomic E-state index is 13.3. The number of nitrogens with one attached hydrogen (secondary N) is 1. The first-order valence-electron chi connectivity index (χ1n) is 9.41. The quantitative estimate of drug-likeness (QED) is 0.471. The molecule has 0 unspecified atom stereocenters. The Bertz CT molecular complexity index is 1170. The number of halogens is 1. The molecule has 0 aliphatic rings. The first-order chi connectivity index (χ1) is 14.7. The van der Waals surface area contributed by atoms with E-state index in [1.54, 1.807) is 48.7 Å². The van der Waals surface area contributed by atoms with Crippen molar-refractivity contribution in [1.29, 1.82) is 0 Å². The Hall–Kier alpha value is -4.12. The van der Waals surface area contributed by atoms with Crippen molar-refractivity contribution >= 4 is 23.9 Å². The van der Waals surface area contributed by atoms with Crippen molar-refractivity contribution in [3.63, 3.8) is 0 Å². The molecule has 0 spiro atoms. The molecule has 1 amide bonds. The van der Waals surface area contributed by atoms with Crippen molar-refractivity contribution in [3.05, 3.63) is 114 Å². The molecule has 0 atom stereocenters. The van der Waals surface area contributed by atoms with Gasteiger partial charge in [0.15, 0.2) is 5.82 Å². The second kappa shape index (κ2) is 8.92. The predicted molar refractivity (Wildman–Crippen MR) is 117 cm³/mol. The molecular weight excluding hydrogens is 377 g/mol. The maximum Gasteiger partial charge on any atom is 0.256 e. The third kappa shape index (κ3) is 4.64. The number of carbonyl (C=O) groups excluding carboxylic acids is 1. The van der Waals surface area contributed by atoms with Gasteiger partial charge in [-0.15, -0.1) is 0 Å². The summed E-state index contributed by atoms with van der Waals surface area (Å²) < 4.78 is 13.3. The van der Waals surface area contributed by atoms with Crippen molar-refractivity contribution in [3.8, 4) is 11.3 Å². The zero-order valence-electron chi connectivity index (χ0n) is 16.0. The van der Waals surface area contributed by atoms with Crippen LogP contribution in [0.5, 0.6) is 0 Å². The zero-order chi connectivity index (χ0) is 20.8. The molecule has 4 rings (SSSR count). The molecule has 0 saturated carbocycles. The summed E-state index contributed by atoms with van der Waals surface area (Å²) in [6.07, 6.45) is 5.26. The summed E-state index contributed by atoms with van der Waals surface area (Å²) in [6.45, 7) is 0. The van der Waals surface area contributed by atoms with Crippen molar-refractivity contribution in [2.45, 2.75) is 0 Å². The molecule has 0 radical (unpaired) electrons. The Morgan fingerprint density at radius 1 is 0.833 bits per heavy atom. The van der Waals surface area contributed by atoms with Crippen molar-refractivity contribution in [2.24, 2.45) is 0 Å². The summed E-state index contributed by atoms with van der Waals surface area (Å²) in [4.78, 5) is 21.7. The number of hydrogen-bond donors (Lipinski definition) is 1. The van der Waals surface area contributed by atoms with Gasteiger partial charge in [-0.2, -0.15) is 0 Å². The Labute approximate surface area is 173 Å². The van der Waals surface area contributed by atoms with Gasteiger partial charge in [0.2, 0.25) is 0 Å². The van der Waals surface area contributed by atoms with Gasteiger partial charge in [0.25, 0.3) is 5.91 Å². The second-order valence-electron chi connectivity index (χ2n) is 6.56. The number of hydrogen-bond acceptors (Lipinski definition) is 3. The number of anilines is 1. The Balaban J connectivity index is 1.70. The largest absolute Gasteiger partial charge is 0.305 e. The average molecular weight is 395 g/mol. The standard InChI is InChI=1S/C25H18FN3O/c26-21-14-12-19(13-15-21)23-17-27-24(29-25(30)20-9-5-2-6-10-20)22(28-23)16-11-18-7-3-1-4-8-18/h1-17H,(H,27,29,30). The summed E-state index contributed by atoms with van der Waals surface area (Å²) in [5.74, 6) is -0.238. The Kier molecular flexibility index (Phi) is 5.71. The molecule has 1 aromatic heterocycles. The van der Waals surface area contributed by atoms with Gasteiger partial charge in [-0.25, -0.2) is 14.4 Å². The van der Waals surface area contributed by atoms with E-state index in [4.69, 9.17) is 0 Å². The topological polar surface area (TPSA) is 54.9 Å². The predicted octanol–water partition coefficient (Wildman–Crippen LogP) is 5.71. The highest BCUT2D eigenvalue weighted by molar-refractivity contribution is 6.04. The van der Waals surface area contributed by atoms with Crippen molar-refractivity contribution in [1.82, 2.24) is 9.97 Å². The lowest BCUT2D eigenvalue weighted by atomic mass is 10.1. The van der Waals surface area contributed by atoms with Gasteiger partial charge in [-0.05, 0) is 48.0 Å². The van der Waals surface area contributed by atoms with Crippen LogP contribution in [0.25, 0.3) is 23.4 Å². The van der Waals surface area contributed by atoms with Gasteiger partial charge in [0, 0.05) is 11.1 Å². The van der Waals surface area contributed by atoms with Gasteiger partial charge < -0.3 is 5.32 Å². The van der Waals surface area contributed by atoms with E-state index in [0.717, 1.165) is 11.1 Å². The maximum atomic E-state index is 13.3. The molecule has 0 saturated heterocycles. The van der Waals surface area contributed by atoms with E-state index in [2.05, 4.69) is 15.3 Å². The summed E-state index contributed by atoms with van der Waals surface area (Å²) in [7, 11) is 0. The number of benzene rings is 3. The van der Waals surface area contributed by atoms with E-state index < -0.39 is 0 Å². The van der Waals surface area contributed by atoms with Gasteiger partial charge in [0.1, 0.15) is 11.5 Å². The van der Waals surface area contributed by atoms with E-state index >= 15 is 0 Å². The highest BCUT2D eigenvalue weighted by Gasteiger charge is 2.12. The molecule has 0 aliphatic heterocycles. The second-order valence-corrected chi connectivity index (χ2v) is 6.56. The molecule has 0 bridgehead atoms. The molecular formula is C25H18FN3O. The number of carbonyl (C=O) groups is 1.